The van der Waals surface area contributed by atoms with E-state index >= 15 is 0 Å². The van der Waals surface area contributed by atoms with Gasteiger partial charge in [-0.05, 0) is 42.5 Å². The van der Waals surface area contributed by atoms with Crippen LogP contribution in [0.4, 0.5) is 13.2 Å². The number of amides is 1. The molecule has 1 heterocycles. The van der Waals surface area contributed by atoms with Gasteiger partial charge in [0, 0.05) is 15.6 Å². The van der Waals surface area contributed by atoms with Gasteiger partial charge < -0.3 is 5.32 Å². The maximum absolute atomic E-state index is 12.4. The molecule has 0 atom stereocenters. The van der Waals surface area contributed by atoms with Gasteiger partial charge in [0.15, 0.2) is 5.82 Å². The average Bonchev–Trinajstić information content (AvgIpc) is 3.05. The summed E-state index contributed by atoms with van der Waals surface area (Å²) in [6.45, 7) is -1.50. The molecule has 0 fully saturated rings. The third kappa shape index (κ3) is 4.76. The second kappa shape index (κ2) is 7.98. The normalized spacial score (nSPS) is 11.5. The number of nitrogens with zero attached hydrogens (tertiary/aromatic N) is 3. The summed E-state index contributed by atoms with van der Waals surface area (Å²) in [6.07, 6.45) is -4.56. The summed E-state index contributed by atoms with van der Waals surface area (Å²) >= 11 is 18.0. The topological polar surface area (TPSA) is 59.8 Å². The Balaban J connectivity index is 2.07. The Morgan fingerprint density at radius 2 is 1.68 bits per heavy atom. The molecule has 0 saturated heterocycles. The predicted octanol–water partition coefficient (Wildman–Crippen LogP) is 5.19. The van der Waals surface area contributed by atoms with Crippen LogP contribution in [0.5, 0.6) is 0 Å². The number of halogens is 6. The highest BCUT2D eigenvalue weighted by Crippen LogP contribution is 2.31. The van der Waals surface area contributed by atoms with Crippen LogP contribution in [-0.2, 0) is 0 Å². The number of alkyl halides is 3. The fourth-order valence-corrected chi connectivity index (χ4v) is 2.89. The van der Waals surface area contributed by atoms with Crippen molar-refractivity contribution in [3.05, 3.63) is 63.4 Å². The Morgan fingerprint density at radius 1 is 1.04 bits per heavy atom. The van der Waals surface area contributed by atoms with Crippen LogP contribution >= 0.6 is 34.8 Å². The number of hydrogen-bond acceptors (Lipinski definition) is 3. The number of aromatic nitrogens is 3. The number of nitrogens with one attached hydrogen (secondary N) is 1. The first-order valence-corrected chi connectivity index (χ1v) is 8.81. The molecule has 1 N–H and O–H groups in total. The molecule has 0 aliphatic heterocycles. The highest BCUT2D eigenvalue weighted by atomic mass is 35.5. The van der Waals surface area contributed by atoms with Crippen molar-refractivity contribution in [2.45, 2.75) is 6.18 Å². The Labute approximate surface area is 172 Å². The molecule has 28 heavy (non-hydrogen) atoms. The first-order valence-electron chi connectivity index (χ1n) is 7.67. The lowest BCUT2D eigenvalue weighted by molar-refractivity contribution is -0.123. The van der Waals surface area contributed by atoms with Crippen LogP contribution in [0.3, 0.4) is 0 Å². The first-order chi connectivity index (χ1) is 13.1. The molecule has 3 aromatic rings. The molecule has 1 aromatic heterocycles. The van der Waals surface area contributed by atoms with Gasteiger partial charge in [-0.3, -0.25) is 4.79 Å². The number of hydrogen-bond donors (Lipinski definition) is 1. The highest BCUT2D eigenvalue weighted by molar-refractivity contribution is 6.36. The molecule has 0 spiro atoms. The van der Waals surface area contributed by atoms with Gasteiger partial charge in [0.05, 0.1) is 10.7 Å². The lowest BCUT2D eigenvalue weighted by Gasteiger charge is -2.07. The van der Waals surface area contributed by atoms with E-state index in [0.717, 1.165) is 0 Å². The van der Waals surface area contributed by atoms with Gasteiger partial charge in [0.2, 0.25) is 5.82 Å². The zero-order chi connectivity index (χ0) is 20.5. The molecule has 0 aliphatic rings. The summed E-state index contributed by atoms with van der Waals surface area (Å²) < 4.78 is 38.4. The minimum absolute atomic E-state index is 0.154. The van der Waals surface area contributed by atoms with Crippen LogP contribution < -0.4 is 5.32 Å². The predicted molar refractivity (Wildman–Crippen MR) is 100 cm³/mol. The quantitative estimate of drug-likeness (QED) is 0.596. The van der Waals surface area contributed by atoms with Gasteiger partial charge in [-0.1, -0.05) is 34.8 Å². The molecule has 0 radical (unpaired) electrons. The van der Waals surface area contributed by atoms with E-state index in [1.165, 1.54) is 10.7 Å². The molecular formula is C17H10Cl3F3N4O. The third-order valence-electron chi connectivity index (χ3n) is 3.50. The van der Waals surface area contributed by atoms with Crippen LogP contribution in [0.1, 0.15) is 10.6 Å². The van der Waals surface area contributed by atoms with Gasteiger partial charge in [0.1, 0.15) is 6.54 Å². The van der Waals surface area contributed by atoms with E-state index < -0.39 is 24.5 Å². The first kappa shape index (κ1) is 20.4. The monoisotopic (exact) mass is 448 g/mol. The van der Waals surface area contributed by atoms with E-state index in [1.807, 2.05) is 0 Å². The van der Waals surface area contributed by atoms with Crippen molar-refractivity contribution in [1.82, 2.24) is 20.1 Å². The number of carbonyl (C=O) groups excluding carboxylic acids is 1. The van der Waals surface area contributed by atoms with Crippen molar-refractivity contribution in [3.63, 3.8) is 0 Å². The summed E-state index contributed by atoms with van der Waals surface area (Å²) in [7, 11) is 0. The molecule has 5 nitrogen and oxygen atoms in total. The fourth-order valence-electron chi connectivity index (χ4n) is 2.28. The molecule has 1 amide bonds. The Hall–Kier alpha value is -2.29. The molecule has 2 aromatic carbocycles. The summed E-state index contributed by atoms with van der Waals surface area (Å²) in [5.41, 5.74) is 0.871. The minimum atomic E-state index is -4.56. The van der Waals surface area contributed by atoms with E-state index in [-0.39, 0.29) is 10.8 Å². The summed E-state index contributed by atoms with van der Waals surface area (Å²) in [5.74, 6) is -1.36. The van der Waals surface area contributed by atoms with Crippen LogP contribution in [0, 0.1) is 0 Å². The van der Waals surface area contributed by atoms with Gasteiger partial charge >= 0.3 is 6.18 Å². The van der Waals surface area contributed by atoms with Gasteiger partial charge in [-0.25, -0.2) is 9.67 Å². The Morgan fingerprint density at radius 3 is 2.29 bits per heavy atom. The van der Waals surface area contributed by atoms with Crippen molar-refractivity contribution >= 4 is 40.7 Å². The Bertz CT molecular complexity index is 1020. The van der Waals surface area contributed by atoms with Crippen molar-refractivity contribution in [3.8, 4) is 17.1 Å². The molecule has 0 aliphatic carbocycles. The summed E-state index contributed by atoms with van der Waals surface area (Å²) in [4.78, 5) is 16.2. The van der Waals surface area contributed by atoms with E-state index in [4.69, 9.17) is 34.8 Å². The summed E-state index contributed by atoms with van der Waals surface area (Å²) in [5, 5.41) is 6.87. The fraction of sp³-hybridized carbons (Fsp3) is 0.118. The molecule has 0 unspecified atom stereocenters. The van der Waals surface area contributed by atoms with Crippen molar-refractivity contribution in [2.24, 2.45) is 0 Å². The minimum Gasteiger partial charge on any atom is -0.340 e. The van der Waals surface area contributed by atoms with Crippen molar-refractivity contribution in [2.75, 3.05) is 6.54 Å². The smallest absolute Gasteiger partial charge is 0.340 e. The van der Waals surface area contributed by atoms with Crippen LogP contribution in [0.15, 0.2) is 42.5 Å². The SMILES string of the molecule is O=C(NCC(F)(F)F)c1nc(-c2ccc(Cl)cc2Cl)n(-c2ccc(Cl)cc2)n1. The zero-order valence-electron chi connectivity index (χ0n) is 13.8. The zero-order valence-corrected chi connectivity index (χ0v) is 16.0. The van der Waals surface area contributed by atoms with Crippen LogP contribution in [0.25, 0.3) is 17.1 Å². The summed E-state index contributed by atoms with van der Waals surface area (Å²) in [6, 6.07) is 11.0. The van der Waals surface area contributed by atoms with Crippen LogP contribution in [-0.4, -0.2) is 33.4 Å². The lowest BCUT2D eigenvalue weighted by atomic mass is 10.2. The number of benzene rings is 2. The van der Waals surface area contributed by atoms with Gasteiger partial charge in [-0.15, -0.1) is 5.10 Å². The molecule has 0 bridgehead atoms. The van der Waals surface area contributed by atoms with E-state index in [0.29, 0.717) is 21.3 Å². The van der Waals surface area contributed by atoms with Gasteiger partial charge in [0.25, 0.3) is 5.91 Å². The molecular weight excluding hydrogens is 440 g/mol. The standard InChI is InChI=1S/C17H10Cl3F3N4O/c18-9-1-4-11(5-2-9)27-15(12-6-3-10(19)7-13(12)20)25-14(26-27)16(28)24-8-17(21,22)23/h1-7H,8H2,(H,24,28). The highest BCUT2D eigenvalue weighted by Gasteiger charge is 2.29. The molecule has 11 heteroatoms. The van der Waals surface area contributed by atoms with Crippen molar-refractivity contribution in [1.29, 1.82) is 0 Å². The maximum Gasteiger partial charge on any atom is 0.405 e. The average molecular weight is 450 g/mol. The number of rotatable bonds is 4. The van der Waals surface area contributed by atoms with E-state index in [9.17, 15) is 18.0 Å². The maximum atomic E-state index is 12.4. The van der Waals surface area contributed by atoms with Crippen LogP contribution in [0.2, 0.25) is 15.1 Å². The van der Waals surface area contributed by atoms with E-state index in [2.05, 4.69) is 10.1 Å². The molecule has 146 valence electrons. The second-order valence-corrected chi connectivity index (χ2v) is 6.85. The largest absolute Gasteiger partial charge is 0.405 e. The molecule has 3 rings (SSSR count). The van der Waals surface area contributed by atoms with Crippen molar-refractivity contribution < 1.29 is 18.0 Å². The second-order valence-electron chi connectivity index (χ2n) is 5.57. The lowest BCUT2D eigenvalue weighted by Crippen LogP contribution is -2.34. The molecule has 0 saturated carbocycles. The van der Waals surface area contributed by atoms with Gasteiger partial charge in [-0.2, -0.15) is 13.2 Å². The third-order valence-corrected chi connectivity index (χ3v) is 4.30. The van der Waals surface area contributed by atoms with E-state index in [1.54, 1.807) is 41.7 Å². The Kier molecular flexibility index (Phi) is 5.83. The number of carbonyl (C=O) groups is 1.